The molecule has 0 amide bonds. The van der Waals surface area contributed by atoms with Crippen LogP contribution in [0.3, 0.4) is 0 Å². The van der Waals surface area contributed by atoms with Gasteiger partial charge in [0, 0.05) is 11.0 Å². The first-order valence-corrected chi connectivity index (χ1v) is 4.51. The SMILES string of the molecule is C#CCNCc1ccccc1Br. The number of hydrogen-bond acceptors (Lipinski definition) is 1. The van der Waals surface area contributed by atoms with Crippen LogP contribution in [-0.2, 0) is 6.54 Å². The Morgan fingerprint density at radius 2 is 2.17 bits per heavy atom. The van der Waals surface area contributed by atoms with E-state index in [1.165, 1.54) is 5.56 Å². The van der Waals surface area contributed by atoms with Crippen molar-refractivity contribution in [3.05, 3.63) is 34.3 Å². The van der Waals surface area contributed by atoms with E-state index in [4.69, 9.17) is 6.42 Å². The van der Waals surface area contributed by atoms with Gasteiger partial charge in [-0.3, -0.25) is 0 Å². The Bertz CT molecular complexity index is 288. The summed E-state index contributed by atoms with van der Waals surface area (Å²) < 4.78 is 1.12. The Hall–Kier alpha value is -0.780. The Balaban J connectivity index is 2.53. The molecule has 0 fully saturated rings. The third-order valence-corrected chi connectivity index (χ3v) is 2.27. The molecule has 0 radical (unpaired) electrons. The Labute approximate surface area is 81.3 Å². The van der Waals surface area contributed by atoms with E-state index in [0.717, 1.165) is 11.0 Å². The lowest BCUT2D eigenvalue weighted by Crippen LogP contribution is -2.13. The molecule has 0 aliphatic heterocycles. The number of benzene rings is 1. The molecule has 0 bridgehead atoms. The number of terminal acetylenes is 1. The summed E-state index contributed by atoms with van der Waals surface area (Å²) in [7, 11) is 0. The van der Waals surface area contributed by atoms with Crippen molar-refractivity contribution in [1.82, 2.24) is 5.32 Å². The average molecular weight is 224 g/mol. The molecule has 0 unspecified atom stereocenters. The highest BCUT2D eigenvalue weighted by atomic mass is 79.9. The van der Waals surface area contributed by atoms with Crippen LogP contribution in [0.25, 0.3) is 0 Å². The second-order valence-electron chi connectivity index (χ2n) is 2.40. The van der Waals surface area contributed by atoms with E-state index >= 15 is 0 Å². The predicted molar refractivity (Wildman–Crippen MR) is 54.7 cm³/mol. The third kappa shape index (κ3) is 2.69. The van der Waals surface area contributed by atoms with Gasteiger partial charge in [0.2, 0.25) is 0 Å². The molecule has 0 heterocycles. The van der Waals surface area contributed by atoms with Crippen LogP contribution in [0.5, 0.6) is 0 Å². The highest BCUT2D eigenvalue weighted by Crippen LogP contribution is 2.14. The van der Waals surface area contributed by atoms with Gasteiger partial charge in [0.15, 0.2) is 0 Å². The maximum atomic E-state index is 5.11. The zero-order valence-corrected chi connectivity index (χ0v) is 8.26. The van der Waals surface area contributed by atoms with Gasteiger partial charge in [-0.05, 0) is 11.6 Å². The van der Waals surface area contributed by atoms with Crippen LogP contribution in [0.15, 0.2) is 28.7 Å². The Kier molecular flexibility index (Phi) is 3.86. The normalized spacial score (nSPS) is 9.33. The van der Waals surface area contributed by atoms with Gasteiger partial charge in [-0.25, -0.2) is 0 Å². The minimum absolute atomic E-state index is 0.612. The van der Waals surface area contributed by atoms with Crippen molar-refractivity contribution in [2.24, 2.45) is 0 Å². The number of rotatable bonds is 3. The summed E-state index contributed by atoms with van der Waals surface area (Å²) in [6, 6.07) is 8.09. The first-order valence-electron chi connectivity index (χ1n) is 3.72. The van der Waals surface area contributed by atoms with Crippen molar-refractivity contribution in [3.8, 4) is 12.3 Å². The second-order valence-corrected chi connectivity index (χ2v) is 3.25. The van der Waals surface area contributed by atoms with Gasteiger partial charge < -0.3 is 5.32 Å². The molecule has 0 aliphatic carbocycles. The fraction of sp³-hybridized carbons (Fsp3) is 0.200. The highest BCUT2D eigenvalue weighted by molar-refractivity contribution is 9.10. The summed E-state index contributed by atoms with van der Waals surface area (Å²) in [6.07, 6.45) is 5.11. The van der Waals surface area contributed by atoms with Gasteiger partial charge in [0.1, 0.15) is 0 Å². The molecular weight excluding hydrogens is 214 g/mol. The van der Waals surface area contributed by atoms with E-state index in [9.17, 15) is 0 Å². The standard InChI is InChI=1S/C10H10BrN/c1-2-7-12-8-9-5-3-4-6-10(9)11/h1,3-6,12H,7-8H2. The molecule has 12 heavy (non-hydrogen) atoms. The van der Waals surface area contributed by atoms with Gasteiger partial charge in [-0.15, -0.1) is 6.42 Å². The first-order chi connectivity index (χ1) is 5.84. The fourth-order valence-corrected chi connectivity index (χ4v) is 1.34. The maximum absolute atomic E-state index is 5.11. The molecule has 0 atom stereocenters. The largest absolute Gasteiger partial charge is 0.302 e. The summed E-state index contributed by atoms with van der Waals surface area (Å²) in [5.74, 6) is 2.53. The summed E-state index contributed by atoms with van der Waals surface area (Å²) in [4.78, 5) is 0. The molecule has 1 aromatic carbocycles. The van der Waals surface area contributed by atoms with Crippen LogP contribution in [0.4, 0.5) is 0 Å². The van der Waals surface area contributed by atoms with Crippen molar-refractivity contribution >= 4 is 15.9 Å². The zero-order valence-electron chi connectivity index (χ0n) is 6.68. The molecular formula is C10H10BrN. The quantitative estimate of drug-likeness (QED) is 0.612. The summed E-state index contributed by atoms with van der Waals surface area (Å²) in [5, 5.41) is 3.13. The van der Waals surface area contributed by atoms with Crippen molar-refractivity contribution in [2.45, 2.75) is 6.54 Å². The molecule has 1 nitrogen and oxygen atoms in total. The lowest BCUT2D eigenvalue weighted by molar-refractivity contribution is 0.767. The predicted octanol–water partition coefficient (Wildman–Crippen LogP) is 2.17. The van der Waals surface area contributed by atoms with Crippen molar-refractivity contribution in [2.75, 3.05) is 6.54 Å². The summed E-state index contributed by atoms with van der Waals surface area (Å²) in [5.41, 5.74) is 1.23. The van der Waals surface area contributed by atoms with Crippen LogP contribution in [0.1, 0.15) is 5.56 Å². The molecule has 62 valence electrons. The second kappa shape index (κ2) is 4.97. The van der Waals surface area contributed by atoms with Gasteiger partial charge >= 0.3 is 0 Å². The van der Waals surface area contributed by atoms with Gasteiger partial charge in [0.05, 0.1) is 6.54 Å². The van der Waals surface area contributed by atoms with E-state index in [-0.39, 0.29) is 0 Å². The van der Waals surface area contributed by atoms with Gasteiger partial charge in [0.25, 0.3) is 0 Å². The molecule has 1 rings (SSSR count). The molecule has 1 N–H and O–H groups in total. The van der Waals surface area contributed by atoms with Crippen molar-refractivity contribution in [3.63, 3.8) is 0 Å². The lowest BCUT2D eigenvalue weighted by Gasteiger charge is -2.02. The Morgan fingerprint density at radius 3 is 2.83 bits per heavy atom. The zero-order chi connectivity index (χ0) is 8.81. The van der Waals surface area contributed by atoms with Crippen LogP contribution in [-0.4, -0.2) is 6.54 Å². The molecule has 0 aliphatic rings. The third-order valence-electron chi connectivity index (χ3n) is 1.50. The minimum atomic E-state index is 0.612. The molecule has 0 saturated heterocycles. The monoisotopic (exact) mass is 223 g/mol. The van der Waals surface area contributed by atoms with Crippen LogP contribution < -0.4 is 5.32 Å². The molecule has 1 aromatic rings. The van der Waals surface area contributed by atoms with E-state index in [1.807, 2.05) is 18.2 Å². The highest BCUT2D eigenvalue weighted by Gasteiger charge is 1.95. The maximum Gasteiger partial charge on any atom is 0.0576 e. The lowest BCUT2D eigenvalue weighted by atomic mass is 10.2. The fourth-order valence-electron chi connectivity index (χ4n) is 0.911. The average Bonchev–Trinajstić information content (AvgIpc) is 2.09. The molecule has 0 saturated carbocycles. The molecule has 0 spiro atoms. The van der Waals surface area contributed by atoms with E-state index in [1.54, 1.807) is 0 Å². The smallest absolute Gasteiger partial charge is 0.0576 e. The topological polar surface area (TPSA) is 12.0 Å². The minimum Gasteiger partial charge on any atom is -0.302 e. The van der Waals surface area contributed by atoms with Crippen LogP contribution in [0, 0.1) is 12.3 Å². The number of nitrogens with one attached hydrogen (secondary N) is 1. The summed E-state index contributed by atoms with van der Waals surface area (Å²) >= 11 is 3.46. The van der Waals surface area contributed by atoms with E-state index in [0.29, 0.717) is 6.54 Å². The molecule has 2 heteroatoms. The van der Waals surface area contributed by atoms with Crippen molar-refractivity contribution in [1.29, 1.82) is 0 Å². The van der Waals surface area contributed by atoms with Crippen LogP contribution >= 0.6 is 15.9 Å². The first kappa shape index (κ1) is 9.31. The van der Waals surface area contributed by atoms with E-state index in [2.05, 4.69) is 33.2 Å². The van der Waals surface area contributed by atoms with Crippen molar-refractivity contribution < 1.29 is 0 Å². The van der Waals surface area contributed by atoms with Gasteiger partial charge in [-0.2, -0.15) is 0 Å². The molecule has 0 aromatic heterocycles. The van der Waals surface area contributed by atoms with Crippen LogP contribution in [0.2, 0.25) is 0 Å². The Morgan fingerprint density at radius 1 is 1.42 bits per heavy atom. The van der Waals surface area contributed by atoms with E-state index < -0.39 is 0 Å². The summed E-state index contributed by atoms with van der Waals surface area (Å²) in [6.45, 7) is 1.42. The number of halogens is 1. The van der Waals surface area contributed by atoms with Gasteiger partial charge in [-0.1, -0.05) is 40.0 Å². The number of hydrogen-bond donors (Lipinski definition) is 1.